The van der Waals surface area contributed by atoms with E-state index in [9.17, 15) is 0 Å². The largest absolute Gasteiger partial charge is 0.366 e. The van der Waals surface area contributed by atoms with Crippen molar-refractivity contribution in [3.8, 4) is 0 Å². The van der Waals surface area contributed by atoms with Crippen LogP contribution in [0.5, 0.6) is 0 Å². The monoisotopic (exact) mass is 266 g/mol. The van der Waals surface area contributed by atoms with Crippen molar-refractivity contribution < 1.29 is 0 Å². The van der Waals surface area contributed by atoms with E-state index in [-0.39, 0.29) is 0 Å². The number of aryl methyl sites for hydroxylation is 1. The number of anilines is 1. The maximum absolute atomic E-state index is 6.05. The van der Waals surface area contributed by atoms with Crippen molar-refractivity contribution in [2.45, 2.75) is 26.3 Å². The molecule has 4 heteroatoms. The van der Waals surface area contributed by atoms with E-state index in [1.807, 2.05) is 23.5 Å². The fourth-order valence-electron chi connectivity index (χ4n) is 1.67. The average molecular weight is 267 g/mol. The molecule has 17 heavy (non-hydrogen) atoms. The van der Waals surface area contributed by atoms with Crippen molar-refractivity contribution in [3.63, 3.8) is 0 Å². The van der Waals surface area contributed by atoms with Gasteiger partial charge in [0, 0.05) is 28.4 Å². The summed E-state index contributed by atoms with van der Waals surface area (Å²) in [6, 6.07) is 8.33. The molecule has 1 N–H and O–H groups in total. The third-order valence-corrected chi connectivity index (χ3v) is 3.77. The Morgan fingerprint density at radius 3 is 2.88 bits per heavy atom. The summed E-state index contributed by atoms with van der Waals surface area (Å²) in [5, 5.41) is 4.00. The minimum absolute atomic E-state index is 0.320. The van der Waals surface area contributed by atoms with Crippen molar-refractivity contribution >= 4 is 28.8 Å². The van der Waals surface area contributed by atoms with E-state index in [0.29, 0.717) is 11.1 Å². The molecule has 0 amide bonds. The Bertz CT molecular complexity index is 496. The number of aromatic nitrogens is 1. The SMILES string of the molecule is Cc1ccc(CC(C)Nc2ncccc2Cl)s1. The van der Waals surface area contributed by atoms with Gasteiger partial charge in [-0.1, -0.05) is 11.6 Å². The van der Waals surface area contributed by atoms with Crippen LogP contribution in [0.4, 0.5) is 5.82 Å². The van der Waals surface area contributed by atoms with Crippen LogP contribution in [-0.2, 0) is 6.42 Å². The quantitative estimate of drug-likeness (QED) is 0.899. The van der Waals surface area contributed by atoms with Gasteiger partial charge < -0.3 is 5.32 Å². The number of rotatable bonds is 4. The molecule has 0 saturated carbocycles. The van der Waals surface area contributed by atoms with Gasteiger partial charge in [0.15, 0.2) is 0 Å². The third-order valence-electron chi connectivity index (χ3n) is 2.44. The van der Waals surface area contributed by atoms with Crippen molar-refractivity contribution in [1.82, 2.24) is 4.98 Å². The van der Waals surface area contributed by atoms with E-state index in [1.54, 1.807) is 6.20 Å². The first-order chi connectivity index (χ1) is 8.15. The summed E-state index contributed by atoms with van der Waals surface area (Å²) in [6.45, 7) is 4.27. The van der Waals surface area contributed by atoms with Crippen LogP contribution in [-0.4, -0.2) is 11.0 Å². The third kappa shape index (κ3) is 3.45. The fraction of sp³-hybridized carbons (Fsp3) is 0.308. The lowest BCUT2D eigenvalue weighted by atomic mass is 10.2. The number of thiophene rings is 1. The smallest absolute Gasteiger partial charge is 0.144 e. The molecule has 1 unspecified atom stereocenters. The molecule has 0 saturated heterocycles. The molecule has 1 atom stereocenters. The molecule has 0 aromatic carbocycles. The van der Waals surface area contributed by atoms with Gasteiger partial charge in [-0.25, -0.2) is 4.98 Å². The van der Waals surface area contributed by atoms with Crippen LogP contribution in [0.15, 0.2) is 30.5 Å². The molecule has 0 aliphatic rings. The maximum atomic E-state index is 6.05. The molecular formula is C13H15ClN2S. The minimum atomic E-state index is 0.320. The number of nitrogens with zero attached hydrogens (tertiary/aromatic N) is 1. The van der Waals surface area contributed by atoms with Gasteiger partial charge in [0.25, 0.3) is 0 Å². The highest BCUT2D eigenvalue weighted by molar-refractivity contribution is 7.11. The Labute approximate surface area is 111 Å². The van der Waals surface area contributed by atoms with Gasteiger partial charge in [-0.05, 0) is 38.1 Å². The van der Waals surface area contributed by atoms with Gasteiger partial charge in [0.2, 0.25) is 0 Å². The second kappa shape index (κ2) is 5.52. The van der Waals surface area contributed by atoms with Crippen LogP contribution in [0, 0.1) is 6.92 Å². The van der Waals surface area contributed by atoms with Crippen molar-refractivity contribution in [2.24, 2.45) is 0 Å². The summed E-state index contributed by atoms with van der Waals surface area (Å²) in [6.07, 6.45) is 2.74. The van der Waals surface area contributed by atoms with E-state index in [0.717, 1.165) is 12.2 Å². The predicted octanol–water partition coefficient (Wildman–Crippen LogP) is 4.15. The first kappa shape index (κ1) is 12.4. The Kier molecular flexibility index (Phi) is 4.02. The van der Waals surface area contributed by atoms with Crippen LogP contribution >= 0.6 is 22.9 Å². The molecule has 0 radical (unpaired) electrons. The zero-order chi connectivity index (χ0) is 12.3. The van der Waals surface area contributed by atoms with Crippen LogP contribution in [0.2, 0.25) is 5.02 Å². The van der Waals surface area contributed by atoms with Crippen molar-refractivity contribution in [1.29, 1.82) is 0 Å². The van der Waals surface area contributed by atoms with Crippen LogP contribution in [0.25, 0.3) is 0 Å². The zero-order valence-electron chi connectivity index (χ0n) is 9.90. The van der Waals surface area contributed by atoms with Gasteiger partial charge >= 0.3 is 0 Å². The lowest BCUT2D eigenvalue weighted by Crippen LogP contribution is -2.18. The van der Waals surface area contributed by atoms with Crippen molar-refractivity contribution in [3.05, 3.63) is 45.2 Å². The zero-order valence-corrected chi connectivity index (χ0v) is 11.5. The first-order valence-electron chi connectivity index (χ1n) is 5.57. The Morgan fingerprint density at radius 1 is 1.41 bits per heavy atom. The topological polar surface area (TPSA) is 24.9 Å². The van der Waals surface area contributed by atoms with E-state index in [4.69, 9.17) is 11.6 Å². The Hall–Kier alpha value is -1.06. The van der Waals surface area contributed by atoms with Crippen LogP contribution in [0.3, 0.4) is 0 Å². The van der Waals surface area contributed by atoms with E-state index in [1.165, 1.54) is 9.75 Å². The standard InChI is InChI=1S/C13H15ClN2S/c1-9(8-11-6-5-10(2)17-11)16-13-12(14)4-3-7-15-13/h3-7,9H,8H2,1-2H3,(H,15,16). The van der Waals surface area contributed by atoms with Gasteiger partial charge in [0.05, 0.1) is 5.02 Å². The molecule has 0 fully saturated rings. The molecule has 90 valence electrons. The van der Waals surface area contributed by atoms with Crippen molar-refractivity contribution in [2.75, 3.05) is 5.32 Å². The molecule has 0 spiro atoms. The second-order valence-corrected chi connectivity index (χ2v) is 5.88. The lowest BCUT2D eigenvalue weighted by molar-refractivity contribution is 0.794. The molecular weight excluding hydrogens is 252 g/mol. The van der Waals surface area contributed by atoms with Crippen LogP contribution < -0.4 is 5.32 Å². The molecule has 0 aliphatic carbocycles. The number of pyridine rings is 1. The van der Waals surface area contributed by atoms with Gasteiger partial charge in [-0.2, -0.15) is 0 Å². The fourth-order valence-corrected chi connectivity index (χ4v) is 2.87. The summed E-state index contributed by atoms with van der Waals surface area (Å²) in [5.74, 6) is 0.759. The summed E-state index contributed by atoms with van der Waals surface area (Å²) >= 11 is 7.89. The summed E-state index contributed by atoms with van der Waals surface area (Å²) in [4.78, 5) is 6.96. The second-order valence-electron chi connectivity index (χ2n) is 4.10. The highest BCUT2D eigenvalue weighted by atomic mass is 35.5. The average Bonchev–Trinajstić information content (AvgIpc) is 2.67. The normalized spacial score (nSPS) is 12.4. The highest BCUT2D eigenvalue weighted by Gasteiger charge is 2.08. The molecule has 2 rings (SSSR count). The van der Waals surface area contributed by atoms with Gasteiger partial charge in [-0.3, -0.25) is 0 Å². The minimum Gasteiger partial charge on any atom is -0.366 e. The summed E-state index contributed by atoms with van der Waals surface area (Å²) in [7, 11) is 0. The van der Waals surface area contributed by atoms with Gasteiger partial charge in [-0.15, -0.1) is 11.3 Å². The molecule has 2 heterocycles. The molecule has 0 bridgehead atoms. The van der Waals surface area contributed by atoms with E-state index >= 15 is 0 Å². The molecule has 2 aromatic heterocycles. The first-order valence-corrected chi connectivity index (χ1v) is 6.77. The Morgan fingerprint density at radius 2 is 2.24 bits per heavy atom. The summed E-state index contributed by atoms with van der Waals surface area (Å²) < 4.78 is 0. The van der Waals surface area contributed by atoms with E-state index < -0.39 is 0 Å². The Balaban J connectivity index is 1.98. The highest BCUT2D eigenvalue weighted by Crippen LogP contribution is 2.21. The summed E-state index contributed by atoms with van der Waals surface area (Å²) in [5.41, 5.74) is 0. The maximum Gasteiger partial charge on any atom is 0.144 e. The molecule has 2 aromatic rings. The van der Waals surface area contributed by atoms with Crippen LogP contribution in [0.1, 0.15) is 16.7 Å². The predicted molar refractivity (Wildman–Crippen MR) is 75.1 cm³/mol. The molecule has 0 aliphatic heterocycles. The van der Waals surface area contributed by atoms with Gasteiger partial charge in [0.1, 0.15) is 5.82 Å². The number of hydrogen-bond acceptors (Lipinski definition) is 3. The molecule has 2 nitrogen and oxygen atoms in total. The number of halogens is 1. The number of hydrogen-bond donors (Lipinski definition) is 1. The van der Waals surface area contributed by atoms with E-state index in [2.05, 4.69) is 36.3 Å². The number of nitrogens with one attached hydrogen (secondary N) is 1. The lowest BCUT2D eigenvalue weighted by Gasteiger charge is -2.14.